The van der Waals surface area contributed by atoms with Gasteiger partial charge in [0.1, 0.15) is 11.1 Å². The molecule has 1 aromatic rings. The van der Waals surface area contributed by atoms with Gasteiger partial charge < -0.3 is 5.32 Å². The number of alkyl halides is 3. The molecule has 1 saturated heterocycles. The standard InChI is InChI=1S/C12H10F3N3O4/c1-11(2)9(19)17(10(20)16-11)6-3-4-8(18(21)22)7(5-6)12(13,14)15/h3-5H,1-2H3,(H,16,20)/i3D,4D,5D. The second-order valence-electron chi connectivity index (χ2n) is 4.90. The van der Waals surface area contributed by atoms with Gasteiger partial charge in [0.25, 0.3) is 11.6 Å². The molecule has 0 saturated carbocycles. The van der Waals surface area contributed by atoms with E-state index in [-0.39, 0.29) is 4.90 Å². The number of carbonyl (C=O) groups excluding carboxylic acids is 2. The van der Waals surface area contributed by atoms with Crippen LogP contribution in [0.3, 0.4) is 0 Å². The fourth-order valence-electron chi connectivity index (χ4n) is 1.80. The largest absolute Gasteiger partial charge is 0.423 e. The summed E-state index contributed by atoms with van der Waals surface area (Å²) in [5.41, 5.74) is -6.52. The van der Waals surface area contributed by atoms with Gasteiger partial charge in [-0.1, -0.05) is 0 Å². The van der Waals surface area contributed by atoms with Crippen LogP contribution in [0, 0.1) is 10.1 Å². The molecule has 118 valence electrons. The summed E-state index contributed by atoms with van der Waals surface area (Å²) in [6.45, 7) is 2.50. The van der Waals surface area contributed by atoms with E-state index in [1.807, 2.05) is 0 Å². The molecule has 0 unspecified atom stereocenters. The highest BCUT2D eigenvalue weighted by Crippen LogP contribution is 2.39. The monoisotopic (exact) mass is 320 g/mol. The average molecular weight is 320 g/mol. The number of hydrogen-bond donors (Lipinski definition) is 1. The predicted octanol–water partition coefficient (Wildman–Crippen LogP) is 2.45. The highest BCUT2D eigenvalue weighted by Gasteiger charge is 2.46. The van der Waals surface area contributed by atoms with Crippen molar-refractivity contribution in [2.24, 2.45) is 0 Å². The molecule has 1 aliphatic heterocycles. The number of amides is 3. The predicted molar refractivity (Wildman–Crippen MR) is 68.2 cm³/mol. The summed E-state index contributed by atoms with van der Waals surface area (Å²) in [6, 6.07) is -5.45. The highest BCUT2D eigenvalue weighted by molar-refractivity contribution is 6.23. The van der Waals surface area contributed by atoms with Crippen LogP contribution in [0.25, 0.3) is 0 Å². The number of benzene rings is 1. The number of anilines is 1. The van der Waals surface area contributed by atoms with Gasteiger partial charge in [-0.15, -0.1) is 0 Å². The van der Waals surface area contributed by atoms with Crippen molar-refractivity contribution in [1.82, 2.24) is 5.32 Å². The van der Waals surface area contributed by atoms with Crippen LogP contribution in [-0.2, 0) is 11.0 Å². The minimum absolute atomic E-state index is 0.127. The summed E-state index contributed by atoms with van der Waals surface area (Å²) < 4.78 is 62.5. The molecule has 10 heteroatoms. The molecule has 1 fully saturated rings. The third-order valence-electron chi connectivity index (χ3n) is 2.83. The number of rotatable bonds is 2. The van der Waals surface area contributed by atoms with Crippen molar-refractivity contribution in [3.8, 4) is 0 Å². The van der Waals surface area contributed by atoms with Crippen LogP contribution >= 0.6 is 0 Å². The summed E-state index contributed by atoms with van der Waals surface area (Å²) in [6.07, 6.45) is -5.41. The van der Waals surface area contributed by atoms with E-state index in [9.17, 15) is 32.9 Å². The lowest BCUT2D eigenvalue weighted by atomic mass is 10.1. The van der Waals surface area contributed by atoms with E-state index in [1.165, 1.54) is 13.8 Å². The van der Waals surface area contributed by atoms with Crippen LogP contribution in [0.1, 0.15) is 23.5 Å². The lowest BCUT2D eigenvalue weighted by Gasteiger charge is -2.17. The Morgan fingerprint density at radius 1 is 1.36 bits per heavy atom. The Morgan fingerprint density at radius 3 is 2.36 bits per heavy atom. The molecule has 0 bridgehead atoms. The molecule has 22 heavy (non-hydrogen) atoms. The quantitative estimate of drug-likeness (QED) is 0.514. The maximum atomic E-state index is 13.2. The fourth-order valence-corrected chi connectivity index (χ4v) is 1.80. The van der Waals surface area contributed by atoms with E-state index < -0.39 is 63.6 Å². The fraction of sp³-hybridized carbons (Fsp3) is 0.333. The second-order valence-corrected chi connectivity index (χ2v) is 4.90. The molecular formula is C12H10F3N3O4. The first-order chi connectivity index (χ1) is 11.2. The van der Waals surface area contributed by atoms with Gasteiger partial charge in [0.2, 0.25) is 0 Å². The van der Waals surface area contributed by atoms with E-state index in [4.69, 9.17) is 4.11 Å². The Bertz CT molecular complexity index is 826. The molecule has 7 nitrogen and oxygen atoms in total. The maximum absolute atomic E-state index is 13.2. The van der Waals surface area contributed by atoms with Gasteiger partial charge in [0, 0.05) is 6.04 Å². The average Bonchev–Trinajstić information content (AvgIpc) is 2.62. The zero-order chi connectivity index (χ0) is 19.5. The Labute approximate surface area is 126 Å². The maximum Gasteiger partial charge on any atom is 0.423 e. The molecular weight excluding hydrogens is 307 g/mol. The number of nitro benzene ring substituents is 1. The summed E-state index contributed by atoms with van der Waals surface area (Å²) in [5, 5.41) is 13.1. The molecule has 1 aliphatic rings. The van der Waals surface area contributed by atoms with Crippen molar-refractivity contribution in [2.75, 3.05) is 4.90 Å². The van der Waals surface area contributed by atoms with E-state index in [0.29, 0.717) is 0 Å². The van der Waals surface area contributed by atoms with Crippen LogP contribution in [0.5, 0.6) is 0 Å². The second kappa shape index (κ2) is 4.68. The Morgan fingerprint density at radius 2 is 1.95 bits per heavy atom. The first kappa shape index (κ1) is 12.0. The van der Waals surface area contributed by atoms with Gasteiger partial charge in [-0.05, 0) is 25.9 Å². The van der Waals surface area contributed by atoms with Gasteiger partial charge in [0.15, 0.2) is 0 Å². The van der Waals surface area contributed by atoms with Gasteiger partial charge in [0.05, 0.1) is 14.7 Å². The van der Waals surface area contributed by atoms with Gasteiger partial charge >= 0.3 is 12.2 Å². The van der Waals surface area contributed by atoms with E-state index in [0.717, 1.165) is 0 Å². The highest BCUT2D eigenvalue weighted by atomic mass is 19.4. The number of urea groups is 1. The number of nitrogens with zero attached hydrogens (tertiary/aromatic N) is 2. The molecule has 1 N–H and O–H groups in total. The summed E-state index contributed by atoms with van der Waals surface area (Å²) in [5.74, 6) is -1.05. The van der Waals surface area contributed by atoms with Gasteiger partial charge in [-0.25, -0.2) is 9.69 Å². The Hall–Kier alpha value is -2.65. The van der Waals surface area contributed by atoms with Crippen molar-refractivity contribution in [3.63, 3.8) is 0 Å². The minimum atomic E-state index is -5.41. The topological polar surface area (TPSA) is 92.6 Å². The van der Waals surface area contributed by atoms with E-state index in [1.54, 1.807) is 0 Å². The molecule has 0 aliphatic carbocycles. The van der Waals surface area contributed by atoms with Crippen molar-refractivity contribution in [3.05, 3.63) is 33.8 Å². The normalized spacial score (nSPS) is 19.5. The summed E-state index contributed by atoms with van der Waals surface area (Å²) in [7, 11) is 0. The van der Waals surface area contributed by atoms with Crippen LogP contribution in [0.15, 0.2) is 18.1 Å². The molecule has 0 atom stereocenters. The number of imide groups is 1. The molecule has 2 rings (SSSR count). The number of nitro groups is 1. The van der Waals surface area contributed by atoms with Crippen molar-refractivity contribution < 1.29 is 31.8 Å². The summed E-state index contributed by atoms with van der Waals surface area (Å²) >= 11 is 0. The zero-order valence-corrected chi connectivity index (χ0v) is 11.2. The Balaban J connectivity index is 2.91. The first-order valence-corrected chi connectivity index (χ1v) is 5.73. The minimum Gasteiger partial charge on any atom is -0.323 e. The van der Waals surface area contributed by atoms with Crippen molar-refractivity contribution >= 4 is 23.3 Å². The lowest BCUT2D eigenvalue weighted by Crippen LogP contribution is -2.40. The van der Waals surface area contributed by atoms with Crippen LogP contribution in [0.2, 0.25) is 0 Å². The van der Waals surface area contributed by atoms with E-state index in [2.05, 4.69) is 5.32 Å². The van der Waals surface area contributed by atoms with Crippen molar-refractivity contribution in [1.29, 1.82) is 0 Å². The first-order valence-electron chi connectivity index (χ1n) is 7.23. The van der Waals surface area contributed by atoms with Crippen LogP contribution in [-0.4, -0.2) is 22.4 Å². The zero-order valence-electron chi connectivity index (χ0n) is 14.2. The molecule has 1 aromatic carbocycles. The Kier molecular flexibility index (Phi) is 2.54. The van der Waals surface area contributed by atoms with Crippen LogP contribution < -0.4 is 10.2 Å². The van der Waals surface area contributed by atoms with Crippen LogP contribution in [0.4, 0.5) is 29.3 Å². The number of nitrogens with one attached hydrogen (secondary N) is 1. The van der Waals surface area contributed by atoms with Crippen molar-refractivity contribution in [2.45, 2.75) is 25.6 Å². The molecule has 0 radical (unpaired) electrons. The van der Waals surface area contributed by atoms with Gasteiger partial charge in [-0.2, -0.15) is 13.2 Å². The number of halogens is 3. The summed E-state index contributed by atoms with van der Waals surface area (Å²) in [4.78, 5) is 33.7. The van der Waals surface area contributed by atoms with Gasteiger partial charge in [-0.3, -0.25) is 14.9 Å². The molecule has 0 aromatic heterocycles. The lowest BCUT2D eigenvalue weighted by molar-refractivity contribution is -0.388. The number of hydrogen-bond acceptors (Lipinski definition) is 4. The third kappa shape index (κ3) is 2.47. The smallest absolute Gasteiger partial charge is 0.323 e. The SMILES string of the molecule is [2H]c1c([2H])c([N+](=O)[O-])c(C(F)(F)F)c([2H])c1N1C(=O)NC(C)(C)C1=O. The molecule has 3 amide bonds. The molecule has 1 heterocycles. The third-order valence-corrected chi connectivity index (χ3v) is 2.83. The number of carbonyl (C=O) groups is 2. The molecule has 0 spiro atoms. The van der Waals surface area contributed by atoms with E-state index >= 15 is 0 Å².